The second kappa shape index (κ2) is 9.90. The van der Waals surface area contributed by atoms with Gasteiger partial charge in [-0.05, 0) is 37.1 Å². The largest absolute Gasteiger partial charge is 0.493 e. The van der Waals surface area contributed by atoms with E-state index in [1.165, 1.54) is 19.3 Å². The van der Waals surface area contributed by atoms with Crippen LogP contribution in [0, 0.1) is 0 Å². The molecule has 0 bridgehead atoms. The topological polar surface area (TPSA) is 41.6 Å². The summed E-state index contributed by atoms with van der Waals surface area (Å²) in [6, 6.07) is 25.9. The molecule has 3 aromatic carbocycles. The quantitative estimate of drug-likeness (QED) is 0.391. The highest BCUT2D eigenvalue weighted by Crippen LogP contribution is 2.42. The number of rotatable bonds is 9. The Morgan fingerprint density at radius 1 is 0.875 bits per heavy atom. The normalized spacial score (nSPS) is 17.6. The Morgan fingerprint density at radius 3 is 2.41 bits per heavy atom. The third-order valence-electron chi connectivity index (χ3n) is 6.17. The van der Waals surface area contributed by atoms with Gasteiger partial charge in [0.05, 0.1) is 12.2 Å². The number of nitrogens with zero attached hydrogens (tertiary/aromatic N) is 1. The average Bonchev–Trinajstić information content (AvgIpc) is 2.82. The summed E-state index contributed by atoms with van der Waals surface area (Å²) >= 11 is 0. The number of anilines is 1. The molecule has 1 amide bonds. The van der Waals surface area contributed by atoms with Gasteiger partial charge in [-0.25, -0.2) is 0 Å². The van der Waals surface area contributed by atoms with Gasteiger partial charge in [-0.2, -0.15) is 0 Å². The molecule has 1 N–H and O–H groups in total. The van der Waals surface area contributed by atoms with Crippen molar-refractivity contribution in [1.29, 1.82) is 0 Å². The number of nitrogens with one attached hydrogen (secondary N) is 1. The maximum Gasteiger partial charge on any atom is 0.258 e. The van der Waals surface area contributed by atoms with Crippen molar-refractivity contribution >= 4 is 11.6 Å². The molecule has 1 aliphatic rings. The summed E-state index contributed by atoms with van der Waals surface area (Å²) in [4.78, 5) is 15.6. The lowest BCUT2D eigenvalue weighted by molar-refractivity contribution is 0.0502. The Morgan fingerprint density at radius 2 is 1.59 bits per heavy atom. The van der Waals surface area contributed by atoms with Gasteiger partial charge in [0.2, 0.25) is 0 Å². The molecular weight excluding hydrogens is 396 g/mol. The summed E-state index contributed by atoms with van der Waals surface area (Å²) in [5.74, 6) is 0.840. The number of fused-ring (bicyclic) bond motifs is 1. The van der Waals surface area contributed by atoms with E-state index in [0.29, 0.717) is 18.7 Å². The van der Waals surface area contributed by atoms with Crippen LogP contribution in [-0.2, 0) is 12.2 Å². The first kappa shape index (κ1) is 21.9. The molecule has 166 valence electrons. The molecular formula is C28H32N2O2. The predicted molar refractivity (Wildman–Crippen MR) is 130 cm³/mol. The molecule has 0 saturated carbocycles. The van der Waals surface area contributed by atoms with Crippen molar-refractivity contribution in [2.75, 3.05) is 11.9 Å². The summed E-state index contributed by atoms with van der Waals surface area (Å²) in [5, 5.41) is 3.67. The fourth-order valence-electron chi connectivity index (χ4n) is 4.37. The standard InChI is InChI=1S/C28H32N2O2/c1-3-4-5-13-20-32-26-19-12-10-17-24(26)28(2)29-25-18-11-9-16-23(25)27(31)30(28)21-22-14-7-6-8-15-22/h6-12,14-19,29H,3-5,13,20-21H2,1-2H3. The van der Waals surface area contributed by atoms with E-state index in [1.807, 2.05) is 65.6 Å². The first-order chi connectivity index (χ1) is 15.6. The van der Waals surface area contributed by atoms with Crippen LogP contribution in [0.25, 0.3) is 0 Å². The number of carbonyl (C=O) groups is 1. The molecule has 1 atom stereocenters. The first-order valence-electron chi connectivity index (χ1n) is 11.6. The van der Waals surface area contributed by atoms with Gasteiger partial charge < -0.3 is 15.0 Å². The molecule has 4 nitrogen and oxygen atoms in total. The van der Waals surface area contributed by atoms with Crippen LogP contribution < -0.4 is 10.1 Å². The van der Waals surface area contributed by atoms with Crippen LogP contribution in [0.1, 0.15) is 61.0 Å². The second-order valence-corrected chi connectivity index (χ2v) is 8.52. The van der Waals surface area contributed by atoms with Gasteiger partial charge in [0.1, 0.15) is 11.4 Å². The Balaban J connectivity index is 1.70. The molecule has 4 heteroatoms. The van der Waals surface area contributed by atoms with Gasteiger partial charge in [0.25, 0.3) is 5.91 Å². The van der Waals surface area contributed by atoms with E-state index in [9.17, 15) is 4.79 Å². The number of ether oxygens (including phenoxy) is 1. The molecule has 0 fully saturated rings. The second-order valence-electron chi connectivity index (χ2n) is 8.52. The first-order valence-corrected chi connectivity index (χ1v) is 11.6. The van der Waals surface area contributed by atoms with E-state index >= 15 is 0 Å². The van der Waals surface area contributed by atoms with E-state index in [-0.39, 0.29) is 5.91 Å². The minimum absolute atomic E-state index is 0.0171. The van der Waals surface area contributed by atoms with Crippen molar-refractivity contribution in [1.82, 2.24) is 4.90 Å². The van der Waals surface area contributed by atoms with Crippen LogP contribution in [0.5, 0.6) is 5.75 Å². The average molecular weight is 429 g/mol. The number of hydrogen-bond acceptors (Lipinski definition) is 3. The zero-order valence-electron chi connectivity index (χ0n) is 19.0. The molecule has 0 radical (unpaired) electrons. The minimum atomic E-state index is -0.749. The van der Waals surface area contributed by atoms with Crippen LogP contribution in [0.4, 0.5) is 5.69 Å². The third kappa shape index (κ3) is 4.50. The Labute approximate surface area is 191 Å². The molecule has 32 heavy (non-hydrogen) atoms. The van der Waals surface area contributed by atoms with E-state index in [1.54, 1.807) is 0 Å². The van der Waals surface area contributed by atoms with Gasteiger partial charge in [0, 0.05) is 17.8 Å². The molecule has 1 aliphatic heterocycles. The fraction of sp³-hybridized carbons (Fsp3) is 0.321. The minimum Gasteiger partial charge on any atom is -0.493 e. The molecule has 0 aliphatic carbocycles. The van der Waals surface area contributed by atoms with Gasteiger partial charge in [-0.1, -0.05) is 86.8 Å². The zero-order chi connectivity index (χ0) is 22.4. The number of unbranched alkanes of at least 4 members (excludes halogenated alkanes) is 3. The Bertz CT molecular complexity index is 1050. The van der Waals surface area contributed by atoms with Crippen LogP contribution >= 0.6 is 0 Å². The van der Waals surface area contributed by atoms with Crippen molar-refractivity contribution in [3.63, 3.8) is 0 Å². The lowest BCUT2D eigenvalue weighted by atomic mass is 9.92. The van der Waals surface area contributed by atoms with E-state index in [4.69, 9.17) is 4.74 Å². The van der Waals surface area contributed by atoms with Crippen LogP contribution in [0.3, 0.4) is 0 Å². The number of para-hydroxylation sites is 2. The number of carbonyl (C=O) groups excluding carboxylic acids is 1. The molecule has 1 unspecified atom stereocenters. The smallest absolute Gasteiger partial charge is 0.258 e. The van der Waals surface area contributed by atoms with Gasteiger partial charge in [-0.3, -0.25) is 4.79 Å². The summed E-state index contributed by atoms with van der Waals surface area (Å²) in [6.07, 6.45) is 4.62. The summed E-state index contributed by atoms with van der Waals surface area (Å²) in [6.45, 7) is 5.46. The predicted octanol–water partition coefficient (Wildman–Crippen LogP) is 6.59. The van der Waals surface area contributed by atoms with Crippen LogP contribution in [-0.4, -0.2) is 17.4 Å². The maximum atomic E-state index is 13.7. The highest BCUT2D eigenvalue weighted by molar-refractivity contribution is 6.02. The summed E-state index contributed by atoms with van der Waals surface area (Å²) in [5.41, 5.74) is 2.85. The van der Waals surface area contributed by atoms with Gasteiger partial charge in [-0.15, -0.1) is 0 Å². The van der Waals surface area contributed by atoms with E-state index in [0.717, 1.165) is 29.0 Å². The highest BCUT2D eigenvalue weighted by Gasteiger charge is 2.44. The monoisotopic (exact) mass is 428 g/mol. The Hall–Kier alpha value is -3.27. The van der Waals surface area contributed by atoms with Crippen molar-refractivity contribution in [3.05, 3.63) is 95.6 Å². The van der Waals surface area contributed by atoms with Crippen molar-refractivity contribution in [2.24, 2.45) is 0 Å². The zero-order valence-corrected chi connectivity index (χ0v) is 19.0. The van der Waals surface area contributed by atoms with Crippen molar-refractivity contribution in [3.8, 4) is 5.75 Å². The Kier molecular flexibility index (Phi) is 6.79. The molecule has 3 aromatic rings. The van der Waals surface area contributed by atoms with Gasteiger partial charge >= 0.3 is 0 Å². The number of amides is 1. The lowest BCUT2D eigenvalue weighted by Gasteiger charge is -2.47. The van der Waals surface area contributed by atoms with Crippen LogP contribution in [0.15, 0.2) is 78.9 Å². The summed E-state index contributed by atoms with van der Waals surface area (Å²) < 4.78 is 6.25. The maximum absolute atomic E-state index is 13.7. The van der Waals surface area contributed by atoms with E-state index < -0.39 is 5.66 Å². The SMILES string of the molecule is CCCCCCOc1ccccc1C1(C)Nc2ccccc2C(=O)N1Cc1ccccc1. The molecule has 0 saturated heterocycles. The molecule has 4 rings (SSSR count). The summed E-state index contributed by atoms with van der Waals surface area (Å²) in [7, 11) is 0. The van der Waals surface area contributed by atoms with Crippen molar-refractivity contribution < 1.29 is 9.53 Å². The number of hydrogen-bond donors (Lipinski definition) is 1. The van der Waals surface area contributed by atoms with Crippen LogP contribution in [0.2, 0.25) is 0 Å². The molecule has 0 aromatic heterocycles. The van der Waals surface area contributed by atoms with Crippen molar-refractivity contribution in [2.45, 2.75) is 51.7 Å². The lowest BCUT2D eigenvalue weighted by Crippen LogP contribution is -2.55. The van der Waals surface area contributed by atoms with E-state index in [2.05, 4.69) is 37.4 Å². The number of benzene rings is 3. The molecule has 0 spiro atoms. The third-order valence-corrected chi connectivity index (χ3v) is 6.17. The van der Waals surface area contributed by atoms with Gasteiger partial charge in [0.15, 0.2) is 0 Å². The highest BCUT2D eigenvalue weighted by atomic mass is 16.5. The fourth-order valence-corrected chi connectivity index (χ4v) is 4.37. The molecule has 1 heterocycles.